The Morgan fingerprint density at radius 2 is 0.778 bits per heavy atom. The molecule has 0 spiro atoms. The molecule has 0 radical (unpaired) electrons. The van der Waals surface area contributed by atoms with Crippen molar-refractivity contribution in [1.29, 1.82) is 0 Å². The second kappa shape index (κ2) is 8.92. The van der Waals surface area contributed by atoms with Crippen LogP contribution in [0, 0.1) is 0 Å². The van der Waals surface area contributed by atoms with Gasteiger partial charge in [0.25, 0.3) is 0 Å². The minimum absolute atomic E-state index is 0.644. The van der Waals surface area contributed by atoms with Crippen LogP contribution in [0.2, 0.25) is 0 Å². The Labute approximate surface area is 112 Å². The summed E-state index contributed by atoms with van der Waals surface area (Å²) in [6, 6.07) is 0. The minimum Gasteiger partial charge on any atom is -0.373 e. The third-order valence-corrected chi connectivity index (χ3v) is 4.11. The van der Waals surface area contributed by atoms with Crippen LogP contribution in [0.15, 0.2) is 0 Å². The van der Waals surface area contributed by atoms with Crippen LogP contribution in [-0.2, 0) is 9.47 Å². The highest BCUT2D eigenvalue weighted by Gasteiger charge is 2.21. The van der Waals surface area contributed by atoms with Gasteiger partial charge in [-0.25, -0.2) is 0 Å². The average molecular weight is 254 g/mol. The first-order chi connectivity index (χ1) is 8.95. The molecule has 2 aliphatic rings. The van der Waals surface area contributed by atoms with Gasteiger partial charge in [0.05, 0.1) is 25.4 Å². The van der Waals surface area contributed by atoms with Crippen molar-refractivity contribution >= 4 is 0 Å². The van der Waals surface area contributed by atoms with Crippen LogP contribution >= 0.6 is 0 Å². The number of epoxide rings is 2. The first-order valence-corrected chi connectivity index (χ1v) is 8.18. The van der Waals surface area contributed by atoms with Crippen LogP contribution in [0.5, 0.6) is 0 Å². The van der Waals surface area contributed by atoms with Crippen LogP contribution in [0.3, 0.4) is 0 Å². The summed E-state index contributed by atoms with van der Waals surface area (Å²) in [6.07, 6.45) is 18.2. The lowest BCUT2D eigenvalue weighted by molar-refractivity contribution is 0.386. The topological polar surface area (TPSA) is 25.1 Å². The molecule has 2 atom stereocenters. The molecule has 0 aromatic rings. The van der Waals surface area contributed by atoms with Crippen LogP contribution in [0.1, 0.15) is 77.0 Å². The zero-order valence-electron chi connectivity index (χ0n) is 11.9. The highest BCUT2D eigenvalue weighted by molar-refractivity contribution is 4.68. The monoisotopic (exact) mass is 254 g/mol. The fraction of sp³-hybridized carbons (Fsp3) is 1.00. The largest absolute Gasteiger partial charge is 0.373 e. The molecular weight excluding hydrogens is 224 g/mol. The lowest BCUT2D eigenvalue weighted by Gasteiger charge is -2.02. The van der Waals surface area contributed by atoms with Gasteiger partial charge in [0.2, 0.25) is 0 Å². The fourth-order valence-corrected chi connectivity index (χ4v) is 2.63. The van der Waals surface area contributed by atoms with Crippen LogP contribution < -0.4 is 0 Å². The Bertz CT molecular complexity index is 175. The van der Waals surface area contributed by atoms with Gasteiger partial charge >= 0.3 is 0 Å². The van der Waals surface area contributed by atoms with E-state index in [1.165, 1.54) is 77.0 Å². The summed E-state index contributed by atoms with van der Waals surface area (Å²) in [5.74, 6) is 0. The highest BCUT2D eigenvalue weighted by atomic mass is 16.6. The summed E-state index contributed by atoms with van der Waals surface area (Å²) in [6.45, 7) is 2.07. The minimum atomic E-state index is 0.644. The fourth-order valence-electron chi connectivity index (χ4n) is 2.63. The number of rotatable bonds is 13. The quantitative estimate of drug-likeness (QED) is 0.358. The number of hydrogen-bond acceptors (Lipinski definition) is 2. The molecule has 0 N–H and O–H groups in total. The van der Waals surface area contributed by atoms with Crippen molar-refractivity contribution in [1.82, 2.24) is 0 Å². The van der Waals surface area contributed by atoms with Crippen molar-refractivity contribution in [3.8, 4) is 0 Å². The van der Waals surface area contributed by atoms with E-state index in [1.54, 1.807) is 0 Å². The number of hydrogen-bond donors (Lipinski definition) is 0. The zero-order valence-corrected chi connectivity index (χ0v) is 11.9. The summed E-state index contributed by atoms with van der Waals surface area (Å²) < 4.78 is 10.4. The molecular formula is C16H30O2. The number of unbranched alkanes of at least 4 members (excludes halogenated alkanes) is 9. The third-order valence-electron chi connectivity index (χ3n) is 4.11. The second-order valence-corrected chi connectivity index (χ2v) is 6.02. The maximum absolute atomic E-state index is 5.21. The molecule has 2 aliphatic heterocycles. The molecule has 2 heterocycles. The van der Waals surface area contributed by atoms with Gasteiger partial charge in [0, 0.05) is 0 Å². The summed E-state index contributed by atoms with van der Waals surface area (Å²) in [7, 11) is 0. The molecule has 18 heavy (non-hydrogen) atoms. The molecule has 2 nitrogen and oxygen atoms in total. The van der Waals surface area contributed by atoms with E-state index in [4.69, 9.17) is 9.47 Å². The maximum atomic E-state index is 5.21. The Balaban J connectivity index is 1.19. The summed E-state index contributed by atoms with van der Waals surface area (Å²) in [4.78, 5) is 0. The Hall–Kier alpha value is -0.0800. The Kier molecular flexibility index (Phi) is 7.11. The van der Waals surface area contributed by atoms with Gasteiger partial charge in [-0.05, 0) is 12.8 Å². The van der Waals surface area contributed by atoms with Crippen molar-refractivity contribution in [2.45, 2.75) is 89.3 Å². The molecule has 0 bridgehead atoms. The standard InChI is InChI=1S/C16H30O2/c1(3-5-7-9-11-15-13-17-15)2-4-6-8-10-12-16-14-18-16/h15-16H,1-14H2. The first-order valence-electron chi connectivity index (χ1n) is 8.18. The summed E-state index contributed by atoms with van der Waals surface area (Å²) in [5.41, 5.74) is 0. The molecule has 0 aromatic heterocycles. The van der Waals surface area contributed by atoms with Gasteiger partial charge in [0.15, 0.2) is 0 Å². The van der Waals surface area contributed by atoms with Gasteiger partial charge in [-0.15, -0.1) is 0 Å². The van der Waals surface area contributed by atoms with E-state index in [1.807, 2.05) is 0 Å². The predicted molar refractivity (Wildman–Crippen MR) is 74.9 cm³/mol. The lowest BCUT2D eigenvalue weighted by Crippen LogP contribution is -1.87. The molecule has 106 valence electrons. The van der Waals surface area contributed by atoms with Crippen molar-refractivity contribution in [3.63, 3.8) is 0 Å². The van der Waals surface area contributed by atoms with E-state index in [-0.39, 0.29) is 0 Å². The zero-order chi connectivity index (χ0) is 12.5. The second-order valence-electron chi connectivity index (χ2n) is 6.02. The van der Waals surface area contributed by atoms with Gasteiger partial charge in [-0.2, -0.15) is 0 Å². The Morgan fingerprint density at radius 1 is 0.500 bits per heavy atom. The van der Waals surface area contributed by atoms with E-state index >= 15 is 0 Å². The summed E-state index contributed by atoms with van der Waals surface area (Å²) >= 11 is 0. The van der Waals surface area contributed by atoms with Gasteiger partial charge < -0.3 is 9.47 Å². The molecule has 2 fully saturated rings. The van der Waals surface area contributed by atoms with Crippen LogP contribution in [0.4, 0.5) is 0 Å². The van der Waals surface area contributed by atoms with Gasteiger partial charge in [-0.3, -0.25) is 0 Å². The number of ether oxygens (including phenoxy) is 2. The molecule has 0 saturated carbocycles. The van der Waals surface area contributed by atoms with Crippen molar-refractivity contribution in [2.75, 3.05) is 13.2 Å². The van der Waals surface area contributed by atoms with Crippen molar-refractivity contribution in [2.24, 2.45) is 0 Å². The SMILES string of the molecule is C(CCCCCCC1CO1)CCCCCC1CO1. The van der Waals surface area contributed by atoms with Crippen molar-refractivity contribution < 1.29 is 9.47 Å². The Morgan fingerprint density at radius 3 is 1.06 bits per heavy atom. The van der Waals surface area contributed by atoms with E-state index in [9.17, 15) is 0 Å². The molecule has 0 aromatic carbocycles. The molecule has 2 unspecified atom stereocenters. The van der Waals surface area contributed by atoms with Crippen LogP contribution in [-0.4, -0.2) is 25.4 Å². The van der Waals surface area contributed by atoms with Gasteiger partial charge in [0.1, 0.15) is 0 Å². The normalized spacial score (nSPS) is 25.3. The summed E-state index contributed by atoms with van der Waals surface area (Å²) in [5, 5.41) is 0. The maximum Gasteiger partial charge on any atom is 0.0810 e. The molecule has 0 amide bonds. The van der Waals surface area contributed by atoms with Gasteiger partial charge in [-0.1, -0.05) is 64.2 Å². The van der Waals surface area contributed by atoms with E-state index in [0.717, 1.165) is 13.2 Å². The van der Waals surface area contributed by atoms with E-state index in [0.29, 0.717) is 12.2 Å². The molecule has 2 rings (SSSR count). The van der Waals surface area contributed by atoms with E-state index in [2.05, 4.69) is 0 Å². The van der Waals surface area contributed by atoms with Crippen molar-refractivity contribution in [3.05, 3.63) is 0 Å². The molecule has 2 heteroatoms. The predicted octanol–water partition coefficient (Wildman–Crippen LogP) is 4.47. The average Bonchev–Trinajstić information content (AvgIpc) is 3.25. The molecule has 2 saturated heterocycles. The van der Waals surface area contributed by atoms with E-state index < -0.39 is 0 Å². The lowest BCUT2D eigenvalue weighted by atomic mass is 10.0. The smallest absolute Gasteiger partial charge is 0.0810 e. The first kappa shape index (κ1) is 14.3. The molecule has 0 aliphatic carbocycles. The van der Waals surface area contributed by atoms with Crippen LogP contribution in [0.25, 0.3) is 0 Å². The highest BCUT2D eigenvalue weighted by Crippen LogP contribution is 2.19. The third kappa shape index (κ3) is 8.10.